The Hall–Kier alpha value is -1.56. The molecular weight excluding hydrogens is 321 g/mol. The number of aromatic nitrogens is 2. The molecular formula is C15H17Cl2N5. The van der Waals surface area contributed by atoms with E-state index in [-0.39, 0.29) is 6.04 Å². The first-order valence-corrected chi connectivity index (χ1v) is 7.89. The SMILES string of the molecule is Nc1nc(N2CCC(N)CC2)cnc1-c1cccc(Cl)c1Cl. The van der Waals surface area contributed by atoms with Crippen molar-refractivity contribution in [2.45, 2.75) is 18.9 Å². The maximum Gasteiger partial charge on any atom is 0.152 e. The van der Waals surface area contributed by atoms with Crippen molar-refractivity contribution in [3.63, 3.8) is 0 Å². The molecule has 0 aliphatic carbocycles. The fraction of sp³-hybridized carbons (Fsp3) is 0.333. The summed E-state index contributed by atoms with van der Waals surface area (Å²) in [5.41, 5.74) is 13.2. The average molecular weight is 338 g/mol. The second-order valence-corrected chi connectivity index (χ2v) is 6.17. The number of rotatable bonds is 2. The van der Waals surface area contributed by atoms with Gasteiger partial charge in [-0.05, 0) is 18.9 Å². The molecule has 1 aromatic heterocycles. The summed E-state index contributed by atoms with van der Waals surface area (Å²) in [4.78, 5) is 11.1. The van der Waals surface area contributed by atoms with Gasteiger partial charge in [0, 0.05) is 24.7 Å². The van der Waals surface area contributed by atoms with Crippen LogP contribution in [0.25, 0.3) is 11.3 Å². The minimum absolute atomic E-state index is 0.270. The van der Waals surface area contributed by atoms with Gasteiger partial charge in [-0.1, -0.05) is 35.3 Å². The van der Waals surface area contributed by atoms with E-state index >= 15 is 0 Å². The lowest BCUT2D eigenvalue weighted by atomic mass is 10.1. The van der Waals surface area contributed by atoms with Crippen molar-refractivity contribution in [2.24, 2.45) is 5.73 Å². The first-order chi connectivity index (χ1) is 10.6. The fourth-order valence-electron chi connectivity index (χ4n) is 2.57. The van der Waals surface area contributed by atoms with E-state index in [0.29, 0.717) is 27.1 Å². The maximum absolute atomic E-state index is 6.22. The molecule has 4 N–H and O–H groups in total. The Balaban J connectivity index is 1.91. The Bertz CT molecular complexity index is 684. The van der Waals surface area contributed by atoms with Crippen LogP contribution in [-0.4, -0.2) is 29.1 Å². The zero-order valence-corrected chi connectivity index (χ0v) is 13.5. The number of nitrogens with two attached hydrogens (primary N) is 2. The van der Waals surface area contributed by atoms with E-state index < -0.39 is 0 Å². The molecule has 1 saturated heterocycles. The predicted molar refractivity (Wildman–Crippen MR) is 91.3 cm³/mol. The molecule has 1 fully saturated rings. The summed E-state index contributed by atoms with van der Waals surface area (Å²) in [5, 5.41) is 0.899. The Labute approximate surface area is 139 Å². The van der Waals surface area contributed by atoms with E-state index in [1.165, 1.54) is 0 Å². The largest absolute Gasteiger partial charge is 0.382 e. The third kappa shape index (κ3) is 2.97. The van der Waals surface area contributed by atoms with Crippen LogP contribution in [0.1, 0.15) is 12.8 Å². The first kappa shape index (κ1) is 15.3. The zero-order chi connectivity index (χ0) is 15.7. The minimum atomic E-state index is 0.270. The molecule has 7 heteroatoms. The molecule has 0 unspecified atom stereocenters. The minimum Gasteiger partial charge on any atom is -0.382 e. The van der Waals surface area contributed by atoms with Crippen LogP contribution < -0.4 is 16.4 Å². The van der Waals surface area contributed by atoms with Gasteiger partial charge in [-0.25, -0.2) is 9.97 Å². The van der Waals surface area contributed by atoms with Crippen molar-refractivity contribution in [1.29, 1.82) is 0 Å². The Morgan fingerprint density at radius 2 is 1.91 bits per heavy atom. The van der Waals surface area contributed by atoms with Gasteiger partial charge in [0.25, 0.3) is 0 Å². The van der Waals surface area contributed by atoms with E-state index in [9.17, 15) is 0 Å². The summed E-state index contributed by atoms with van der Waals surface area (Å²) in [6.07, 6.45) is 3.62. The van der Waals surface area contributed by atoms with Gasteiger partial charge < -0.3 is 16.4 Å². The number of benzene rings is 1. The highest BCUT2D eigenvalue weighted by Crippen LogP contribution is 2.35. The highest BCUT2D eigenvalue weighted by atomic mass is 35.5. The molecule has 0 bridgehead atoms. The molecule has 1 aliphatic rings. The molecule has 1 aromatic carbocycles. The number of hydrogen-bond donors (Lipinski definition) is 2. The monoisotopic (exact) mass is 337 g/mol. The molecule has 116 valence electrons. The van der Waals surface area contributed by atoms with Gasteiger partial charge >= 0.3 is 0 Å². The summed E-state index contributed by atoms with van der Waals surface area (Å²) in [7, 11) is 0. The van der Waals surface area contributed by atoms with Crippen LogP contribution in [0.4, 0.5) is 11.6 Å². The van der Waals surface area contributed by atoms with Gasteiger partial charge in [0.2, 0.25) is 0 Å². The van der Waals surface area contributed by atoms with E-state index in [2.05, 4.69) is 14.9 Å². The molecule has 2 aromatic rings. The third-order valence-corrected chi connectivity index (χ3v) is 4.68. The smallest absolute Gasteiger partial charge is 0.152 e. The Morgan fingerprint density at radius 3 is 2.59 bits per heavy atom. The predicted octanol–water partition coefficient (Wildman–Crippen LogP) is 2.96. The lowest BCUT2D eigenvalue weighted by molar-refractivity contribution is 0.498. The second-order valence-electron chi connectivity index (χ2n) is 5.39. The van der Waals surface area contributed by atoms with Gasteiger partial charge in [0.05, 0.1) is 16.2 Å². The highest BCUT2D eigenvalue weighted by Gasteiger charge is 2.19. The first-order valence-electron chi connectivity index (χ1n) is 7.13. The maximum atomic E-state index is 6.22. The quantitative estimate of drug-likeness (QED) is 0.880. The number of anilines is 2. The number of hydrogen-bond acceptors (Lipinski definition) is 5. The number of nitrogen functional groups attached to an aromatic ring is 1. The van der Waals surface area contributed by atoms with E-state index in [4.69, 9.17) is 34.7 Å². The van der Waals surface area contributed by atoms with Crippen molar-refractivity contribution in [2.75, 3.05) is 23.7 Å². The van der Waals surface area contributed by atoms with E-state index in [1.54, 1.807) is 12.3 Å². The standard InChI is InChI=1S/C15H17Cl2N5/c16-11-3-1-2-10(13(11)17)14-15(19)21-12(8-20-14)22-6-4-9(18)5-7-22/h1-3,8-9H,4-7,18H2,(H2,19,21). The average Bonchev–Trinajstić information content (AvgIpc) is 2.51. The van der Waals surface area contributed by atoms with Crippen molar-refractivity contribution in [3.05, 3.63) is 34.4 Å². The Morgan fingerprint density at radius 1 is 1.18 bits per heavy atom. The van der Waals surface area contributed by atoms with Gasteiger partial charge in [-0.15, -0.1) is 0 Å². The molecule has 0 amide bonds. The summed E-state index contributed by atoms with van der Waals surface area (Å²) in [6, 6.07) is 5.63. The summed E-state index contributed by atoms with van der Waals surface area (Å²) < 4.78 is 0. The number of piperidine rings is 1. The molecule has 0 spiro atoms. The van der Waals surface area contributed by atoms with Gasteiger partial charge in [-0.3, -0.25) is 0 Å². The van der Waals surface area contributed by atoms with E-state index in [0.717, 1.165) is 31.7 Å². The van der Waals surface area contributed by atoms with Crippen LogP contribution in [0.15, 0.2) is 24.4 Å². The normalized spacial score (nSPS) is 16.0. The van der Waals surface area contributed by atoms with Gasteiger partial charge in [0.1, 0.15) is 11.5 Å². The van der Waals surface area contributed by atoms with Gasteiger partial charge in [0.15, 0.2) is 5.82 Å². The number of halogens is 2. The van der Waals surface area contributed by atoms with Crippen molar-refractivity contribution >= 4 is 34.8 Å². The van der Waals surface area contributed by atoms with Crippen LogP contribution in [0.5, 0.6) is 0 Å². The highest BCUT2D eigenvalue weighted by molar-refractivity contribution is 6.43. The third-order valence-electron chi connectivity index (χ3n) is 3.86. The number of nitrogens with zero attached hydrogens (tertiary/aromatic N) is 3. The summed E-state index contributed by atoms with van der Waals surface area (Å²) in [5.74, 6) is 1.11. The fourth-order valence-corrected chi connectivity index (χ4v) is 2.96. The van der Waals surface area contributed by atoms with Crippen molar-refractivity contribution in [1.82, 2.24) is 9.97 Å². The molecule has 22 heavy (non-hydrogen) atoms. The molecule has 0 atom stereocenters. The zero-order valence-electron chi connectivity index (χ0n) is 12.0. The molecule has 0 radical (unpaired) electrons. The lowest BCUT2D eigenvalue weighted by Gasteiger charge is -2.31. The second kappa shape index (κ2) is 6.28. The molecule has 5 nitrogen and oxygen atoms in total. The van der Waals surface area contributed by atoms with Crippen LogP contribution in [0.2, 0.25) is 10.0 Å². The van der Waals surface area contributed by atoms with Crippen molar-refractivity contribution in [3.8, 4) is 11.3 Å². The summed E-state index contributed by atoms with van der Waals surface area (Å²) in [6.45, 7) is 1.74. The molecule has 2 heterocycles. The van der Waals surface area contributed by atoms with Gasteiger partial charge in [-0.2, -0.15) is 0 Å². The van der Waals surface area contributed by atoms with Crippen LogP contribution >= 0.6 is 23.2 Å². The van der Waals surface area contributed by atoms with E-state index in [1.807, 2.05) is 12.1 Å². The van der Waals surface area contributed by atoms with Crippen molar-refractivity contribution < 1.29 is 0 Å². The summed E-state index contributed by atoms with van der Waals surface area (Å²) >= 11 is 12.3. The lowest BCUT2D eigenvalue weighted by Crippen LogP contribution is -2.40. The molecule has 1 aliphatic heterocycles. The topological polar surface area (TPSA) is 81.1 Å². The Kier molecular flexibility index (Phi) is 4.38. The molecule has 3 rings (SSSR count). The van der Waals surface area contributed by atoms with Crippen LogP contribution in [0, 0.1) is 0 Å². The molecule has 0 saturated carbocycles. The van der Waals surface area contributed by atoms with Crippen LogP contribution in [0.3, 0.4) is 0 Å². The van der Waals surface area contributed by atoms with Crippen LogP contribution in [-0.2, 0) is 0 Å².